The van der Waals surface area contributed by atoms with Gasteiger partial charge in [-0.05, 0) is 5.41 Å². The number of hydrogen-bond donors (Lipinski definition) is 2. The van der Waals surface area contributed by atoms with Crippen LogP contribution in [0.3, 0.4) is 0 Å². The van der Waals surface area contributed by atoms with E-state index < -0.39 is 42.7 Å². The standard InChI is InChI=1S/C10H18F2O3/c1-10(2,3)9-8(14)7(13)6(12)5(4-11)15-9/h5-9,13-14H,4H2,1-3H3. The Balaban J connectivity index is 2.83. The first-order chi connectivity index (χ1) is 6.79. The summed E-state index contributed by atoms with van der Waals surface area (Å²) in [7, 11) is 0. The maximum absolute atomic E-state index is 13.3. The number of rotatable bonds is 1. The van der Waals surface area contributed by atoms with E-state index in [-0.39, 0.29) is 0 Å². The predicted octanol–water partition coefficient (Wildman–Crippen LogP) is 0.829. The number of ether oxygens (including phenoxy) is 1. The fraction of sp³-hybridized carbons (Fsp3) is 1.00. The van der Waals surface area contributed by atoms with E-state index in [1.165, 1.54) is 0 Å². The van der Waals surface area contributed by atoms with E-state index in [9.17, 15) is 19.0 Å². The summed E-state index contributed by atoms with van der Waals surface area (Å²) in [6.45, 7) is 4.34. The molecule has 0 aromatic rings. The molecule has 1 saturated heterocycles. The highest BCUT2D eigenvalue weighted by atomic mass is 19.1. The molecule has 0 aliphatic carbocycles. The van der Waals surface area contributed by atoms with E-state index in [4.69, 9.17) is 4.74 Å². The Hall–Kier alpha value is -0.260. The zero-order valence-corrected chi connectivity index (χ0v) is 9.15. The molecule has 1 rings (SSSR count). The summed E-state index contributed by atoms with van der Waals surface area (Å²) in [5.41, 5.74) is -0.478. The molecule has 0 amide bonds. The molecule has 0 aromatic heterocycles. The number of aliphatic hydroxyl groups is 2. The number of halogens is 2. The molecule has 0 saturated carbocycles. The van der Waals surface area contributed by atoms with Crippen LogP contribution in [-0.4, -0.2) is 47.5 Å². The van der Waals surface area contributed by atoms with E-state index in [0.29, 0.717) is 0 Å². The Bertz CT molecular complexity index is 215. The molecule has 90 valence electrons. The second kappa shape index (κ2) is 4.31. The maximum Gasteiger partial charge on any atom is 0.157 e. The van der Waals surface area contributed by atoms with Crippen LogP contribution in [0, 0.1) is 5.41 Å². The minimum Gasteiger partial charge on any atom is -0.388 e. The lowest BCUT2D eigenvalue weighted by molar-refractivity contribution is -0.231. The molecule has 0 spiro atoms. The monoisotopic (exact) mass is 224 g/mol. The zero-order valence-electron chi connectivity index (χ0n) is 9.15. The number of aliphatic hydroxyl groups excluding tert-OH is 2. The molecule has 0 radical (unpaired) electrons. The minimum atomic E-state index is -1.87. The normalized spacial score (nSPS) is 43.0. The van der Waals surface area contributed by atoms with Gasteiger partial charge in [-0.3, -0.25) is 0 Å². The number of alkyl halides is 2. The summed E-state index contributed by atoms with van der Waals surface area (Å²) in [6, 6.07) is 0. The molecule has 1 fully saturated rings. The molecule has 0 aromatic carbocycles. The van der Waals surface area contributed by atoms with E-state index >= 15 is 0 Å². The van der Waals surface area contributed by atoms with E-state index in [2.05, 4.69) is 0 Å². The van der Waals surface area contributed by atoms with Gasteiger partial charge in [0, 0.05) is 0 Å². The largest absolute Gasteiger partial charge is 0.388 e. The highest BCUT2D eigenvalue weighted by Gasteiger charge is 2.48. The molecule has 1 aliphatic rings. The van der Waals surface area contributed by atoms with Crippen molar-refractivity contribution in [3.05, 3.63) is 0 Å². The van der Waals surface area contributed by atoms with Crippen LogP contribution in [0.15, 0.2) is 0 Å². The Labute approximate surface area is 88.1 Å². The molecule has 15 heavy (non-hydrogen) atoms. The van der Waals surface area contributed by atoms with Crippen molar-refractivity contribution in [2.24, 2.45) is 5.41 Å². The van der Waals surface area contributed by atoms with Crippen molar-refractivity contribution in [2.75, 3.05) is 6.67 Å². The van der Waals surface area contributed by atoms with E-state index in [1.54, 1.807) is 20.8 Å². The van der Waals surface area contributed by atoms with Crippen LogP contribution in [0.1, 0.15) is 20.8 Å². The maximum atomic E-state index is 13.3. The average molecular weight is 224 g/mol. The topological polar surface area (TPSA) is 49.7 Å². The molecule has 0 bridgehead atoms. The summed E-state index contributed by atoms with van der Waals surface area (Å²) in [5.74, 6) is 0. The summed E-state index contributed by atoms with van der Waals surface area (Å²) in [6.07, 6.45) is -6.82. The van der Waals surface area contributed by atoms with Crippen molar-refractivity contribution in [3.8, 4) is 0 Å². The Kier molecular flexibility index (Phi) is 3.68. The Morgan fingerprint density at radius 2 is 1.73 bits per heavy atom. The van der Waals surface area contributed by atoms with Crippen molar-refractivity contribution >= 4 is 0 Å². The molecule has 1 heterocycles. The predicted molar refractivity (Wildman–Crippen MR) is 51.0 cm³/mol. The fourth-order valence-electron chi connectivity index (χ4n) is 1.77. The van der Waals surface area contributed by atoms with Crippen LogP contribution in [0.5, 0.6) is 0 Å². The number of hydrogen-bond acceptors (Lipinski definition) is 3. The molecule has 1 aliphatic heterocycles. The van der Waals surface area contributed by atoms with Crippen molar-refractivity contribution in [3.63, 3.8) is 0 Å². The van der Waals surface area contributed by atoms with Crippen molar-refractivity contribution in [1.29, 1.82) is 0 Å². The highest BCUT2D eigenvalue weighted by Crippen LogP contribution is 2.34. The van der Waals surface area contributed by atoms with Crippen molar-refractivity contribution < 1.29 is 23.7 Å². The molecule has 5 atom stereocenters. The molecule has 5 heteroatoms. The third kappa shape index (κ3) is 2.46. The molecular weight excluding hydrogens is 206 g/mol. The van der Waals surface area contributed by atoms with Crippen LogP contribution < -0.4 is 0 Å². The van der Waals surface area contributed by atoms with E-state index in [0.717, 1.165) is 0 Å². The van der Waals surface area contributed by atoms with Gasteiger partial charge in [-0.1, -0.05) is 20.8 Å². The SMILES string of the molecule is CC(C)(C)C1OC(CF)C(F)C(O)C1O. The Morgan fingerprint density at radius 3 is 2.13 bits per heavy atom. The lowest BCUT2D eigenvalue weighted by atomic mass is 9.80. The van der Waals surface area contributed by atoms with Gasteiger partial charge in [0.2, 0.25) is 0 Å². The second-order valence-electron chi connectivity index (χ2n) is 5.04. The van der Waals surface area contributed by atoms with Gasteiger partial charge in [-0.25, -0.2) is 8.78 Å². The minimum absolute atomic E-state index is 0.478. The first-order valence-corrected chi connectivity index (χ1v) is 5.00. The van der Waals surface area contributed by atoms with Gasteiger partial charge in [-0.2, -0.15) is 0 Å². The molecule has 3 nitrogen and oxygen atoms in total. The smallest absolute Gasteiger partial charge is 0.157 e. The van der Waals surface area contributed by atoms with Gasteiger partial charge in [0.1, 0.15) is 25.0 Å². The van der Waals surface area contributed by atoms with Crippen LogP contribution in [0.2, 0.25) is 0 Å². The Morgan fingerprint density at radius 1 is 1.20 bits per heavy atom. The zero-order chi connectivity index (χ0) is 11.8. The second-order valence-corrected chi connectivity index (χ2v) is 5.04. The van der Waals surface area contributed by atoms with Gasteiger partial charge in [0.05, 0.1) is 6.10 Å². The van der Waals surface area contributed by atoms with Gasteiger partial charge in [0.25, 0.3) is 0 Å². The molecular formula is C10H18F2O3. The van der Waals surface area contributed by atoms with Crippen molar-refractivity contribution in [1.82, 2.24) is 0 Å². The van der Waals surface area contributed by atoms with Gasteiger partial charge in [0.15, 0.2) is 6.17 Å². The van der Waals surface area contributed by atoms with Crippen LogP contribution in [-0.2, 0) is 4.74 Å². The third-order valence-electron chi connectivity index (χ3n) is 2.67. The lowest BCUT2D eigenvalue weighted by Crippen LogP contribution is -2.59. The van der Waals surface area contributed by atoms with Crippen LogP contribution >= 0.6 is 0 Å². The van der Waals surface area contributed by atoms with Gasteiger partial charge >= 0.3 is 0 Å². The van der Waals surface area contributed by atoms with Crippen LogP contribution in [0.4, 0.5) is 8.78 Å². The van der Waals surface area contributed by atoms with Gasteiger partial charge in [-0.15, -0.1) is 0 Å². The quantitative estimate of drug-likeness (QED) is 0.693. The summed E-state index contributed by atoms with van der Waals surface area (Å²) in [5, 5.41) is 19.0. The van der Waals surface area contributed by atoms with Crippen molar-refractivity contribution in [2.45, 2.75) is 51.4 Å². The summed E-state index contributed by atoms with van der Waals surface area (Å²) < 4.78 is 30.8. The van der Waals surface area contributed by atoms with Gasteiger partial charge < -0.3 is 14.9 Å². The molecule has 2 N–H and O–H groups in total. The summed E-state index contributed by atoms with van der Waals surface area (Å²) >= 11 is 0. The fourth-order valence-corrected chi connectivity index (χ4v) is 1.77. The first-order valence-electron chi connectivity index (χ1n) is 5.00. The third-order valence-corrected chi connectivity index (χ3v) is 2.67. The molecule has 5 unspecified atom stereocenters. The average Bonchev–Trinajstić information content (AvgIpc) is 2.13. The highest BCUT2D eigenvalue weighted by molar-refractivity contribution is 4.96. The first kappa shape index (κ1) is 12.8. The van der Waals surface area contributed by atoms with E-state index in [1.807, 2.05) is 0 Å². The van der Waals surface area contributed by atoms with Crippen LogP contribution in [0.25, 0.3) is 0 Å². The summed E-state index contributed by atoms with van der Waals surface area (Å²) in [4.78, 5) is 0. The lowest BCUT2D eigenvalue weighted by Gasteiger charge is -2.44.